The third-order valence-corrected chi connectivity index (χ3v) is 5.20. The van der Waals surface area contributed by atoms with Crippen LogP contribution in [0, 0.1) is 0 Å². The van der Waals surface area contributed by atoms with Gasteiger partial charge in [0.05, 0.1) is 27.0 Å². The lowest BCUT2D eigenvalue weighted by molar-refractivity contribution is 0.368. The van der Waals surface area contributed by atoms with Crippen LogP contribution in [0.5, 0.6) is 17.2 Å². The molecule has 0 atom stereocenters. The summed E-state index contributed by atoms with van der Waals surface area (Å²) in [6.45, 7) is 8.21. The SMILES string of the molecule is CCNC(=NCc1cc(C(CC)CC)no1)NCCc1c(OC)cc(OC)cc1OC. The third kappa shape index (κ3) is 6.80. The first-order valence-electron chi connectivity index (χ1n) is 10.9. The Kier molecular flexibility index (Phi) is 10.00. The van der Waals surface area contributed by atoms with Crippen LogP contribution in [0.1, 0.15) is 56.5 Å². The van der Waals surface area contributed by atoms with E-state index in [0.29, 0.717) is 31.2 Å². The number of hydrogen-bond acceptors (Lipinski definition) is 6. The summed E-state index contributed by atoms with van der Waals surface area (Å²) in [6, 6.07) is 5.73. The zero-order valence-electron chi connectivity index (χ0n) is 19.6. The second-order valence-electron chi connectivity index (χ2n) is 7.11. The number of aliphatic imine (C=N–C) groups is 1. The van der Waals surface area contributed by atoms with Crippen LogP contribution < -0.4 is 24.8 Å². The average Bonchev–Trinajstić information content (AvgIpc) is 3.26. The van der Waals surface area contributed by atoms with Gasteiger partial charge in [-0.15, -0.1) is 0 Å². The normalized spacial score (nSPS) is 11.5. The number of guanidine groups is 1. The molecule has 2 N–H and O–H groups in total. The smallest absolute Gasteiger partial charge is 0.191 e. The van der Waals surface area contributed by atoms with Crippen LogP contribution in [0.25, 0.3) is 0 Å². The quantitative estimate of drug-likeness (QED) is 0.388. The van der Waals surface area contributed by atoms with Gasteiger partial charge in [-0.05, 0) is 26.2 Å². The van der Waals surface area contributed by atoms with Crippen molar-refractivity contribution < 1.29 is 18.7 Å². The highest BCUT2D eigenvalue weighted by molar-refractivity contribution is 5.79. The first-order valence-corrected chi connectivity index (χ1v) is 10.9. The fraction of sp³-hybridized carbons (Fsp3) is 0.565. The summed E-state index contributed by atoms with van der Waals surface area (Å²) in [5.41, 5.74) is 1.98. The molecule has 0 amide bonds. The zero-order valence-corrected chi connectivity index (χ0v) is 19.6. The molecular weight excluding hydrogens is 396 g/mol. The van der Waals surface area contributed by atoms with E-state index in [-0.39, 0.29) is 0 Å². The van der Waals surface area contributed by atoms with E-state index in [1.54, 1.807) is 21.3 Å². The highest BCUT2D eigenvalue weighted by Gasteiger charge is 2.14. The molecule has 0 bridgehead atoms. The Bertz CT molecular complexity index is 806. The molecule has 31 heavy (non-hydrogen) atoms. The fourth-order valence-electron chi connectivity index (χ4n) is 3.43. The largest absolute Gasteiger partial charge is 0.496 e. The molecule has 0 spiro atoms. The maximum atomic E-state index is 5.53. The van der Waals surface area contributed by atoms with Gasteiger partial charge >= 0.3 is 0 Å². The number of nitrogens with one attached hydrogen (secondary N) is 2. The van der Waals surface area contributed by atoms with Gasteiger partial charge in [0.25, 0.3) is 0 Å². The lowest BCUT2D eigenvalue weighted by atomic mass is 9.99. The van der Waals surface area contributed by atoms with E-state index in [9.17, 15) is 0 Å². The predicted molar refractivity (Wildman–Crippen MR) is 122 cm³/mol. The Morgan fingerprint density at radius 2 is 1.68 bits per heavy atom. The molecule has 0 aliphatic rings. The summed E-state index contributed by atoms with van der Waals surface area (Å²) >= 11 is 0. The van der Waals surface area contributed by atoms with Gasteiger partial charge in [-0.1, -0.05) is 19.0 Å². The molecule has 8 nitrogen and oxygen atoms in total. The van der Waals surface area contributed by atoms with Gasteiger partial charge in [0.2, 0.25) is 0 Å². The molecule has 0 radical (unpaired) electrons. The zero-order chi connectivity index (χ0) is 22.6. The molecule has 0 saturated heterocycles. The van der Waals surface area contributed by atoms with Crippen LogP contribution in [-0.2, 0) is 13.0 Å². The number of methoxy groups -OCH3 is 3. The number of benzene rings is 1. The Balaban J connectivity index is 2.03. The molecule has 0 unspecified atom stereocenters. The summed E-state index contributed by atoms with van der Waals surface area (Å²) in [6.07, 6.45) is 2.80. The molecule has 0 aliphatic carbocycles. The van der Waals surface area contributed by atoms with Gasteiger partial charge in [-0.3, -0.25) is 0 Å². The number of rotatable bonds is 12. The summed E-state index contributed by atoms with van der Waals surface area (Å²) in [7, 11) is 4.91. The van der Waals surface area contributed by atoms with Crippen LogP contribution in [-0.4, -0.2) is 45.5 Å². The van der Waals surface area contributed by atoms with E-state index in [2.05, 4.69) is 34.6 Å². The van der Waals surface area contributed by atoms with Crippen molar-refractivity contribution in [3.05, 3.63) is 35.2 Å². The van der Waals surface area contributed by atoms with Crippen molar-refractivity contribution in [1.29, 1.82) is 0 Å². The predicted octanol–water partition coefficient (Wildman–Crippen LogP) is 3.90. The monoisotopic (exact) mass is 432 g/mol. The fourth-order valence-corrected chi connectivity index (χ4v) is 3.43. The van der Waals surface area contributed by atoms with Gasteiger partial charge in [0.15, 0.2) is 11.7 Å². The lowest BCUT2D eigenvalue weighted by Crippen LogP contribution is -2.38. The van der Waals surface area contributed by atoms with Crippen LogP contribution in [0.15, 0.2) is 27.7 Å². The number of ether oxygens (including phenoxy) is 3. The van der Waals surface area contributed by atoms with Crippen molar-refractivity contribution in [1.82, 2.24) is 15.8 Å². The first kappa shape index (κ1) is 24.4. The van der Waals surface area contributed by atoms with Crippen molar-refractivity contribution in [2.75, 3.05) is 34.4 Å². The molecule has 1 aromatic carbocycles. The summed E-state index contributed by atoms with van der Waals surface area (Å²) in [5.74, 6) is 4.07. The standard InChI is InChI=1S/C23H36N4O4/c1-7-16(8-2)20-12-18(31-27-20)15-26-23(24-9-3)25-11-10-19-21(29-5)13-17(28-4)14-22(19)30-6/h12-14,16H,7-11,15H2,1-6H3,(H2,24,25,26). The second kappa shape index (κ2) is 12.7. The molecular formula is C23H36N4O4. The third-order valence-electron chi connectivity index (χ3n) is 5.20. The molecule has 2 aromatic rings. The summed E-state index contributed by atoms with van der Waals surface area (Å²) in [5, 5.41) is 10.8. The van der Waals surface area contributed by atoms with Crippen molar-refractivity contribution in [2.24, 2.45) is 4.99 Å². The van der Waals surface area contributed by atoms with Crippen LogP contribution in [0.3, 0.4) is 0 Å². The Morgan fingerprint density at radius 3 is 2.23 bits per heavy atom. The average molecular weight is 433 g/mol. The molecule has 0 saturated carbocycles. The molecule has 0 fully saturated rings. The maximum absolute atomic E-state index is 5.53. The lowest BCUT2D eigenvalue weighted by Gasteiger charge is -2.16. The van der Waals surface area contributed by atoms with Gasteiger partial charge in [-0.2, -0.15) is 0 Å². The van der Waals surface area contributed by atoms with Gasteiger partial charge in [0, 0.05) is 42.8 Å². The van der Waals surface area contributed by atoms with Crippen molar-refractivity contribution >= 4 is 5.96 Å². The van der Waals surface area contributed by atoms with E-state index in [4.69, 9.17) is 18.7 Å². The summed E-state index contributed by atoms with van der Waals surface area (Å²) < 4.78 is 21.8. The molecule has 1 aromatic heterocycles. The molecule has 1 heterocycles. The van der Waals surface area contributed by atoms with E-state index >= 15 is 0 Å². The van der Waals surface area contributed by atoms with E-state index in [0.717, 1.165) is 53.9 Å². The minimum atomic E-state index is 0.428. The molecule has 172 valence electrons. The van der Waals surface area contributed by atoms with Crippen LogP contribution in [0.4, 0.5) is 0 Å². The van der Waals surface area contributed by atoms with E-state index in [1.165, 1.54) is 0 Å². The number of nitrogens with zero attached hydrogens (tertiary/aromatic N) is 2. The van der Waals surface area contributed by atoms with Crippen molar-refractivity contribution in [3.63, 3.8) is 0 Å². The first-order chi connectivity index (χ1) is 15.1. The van der Waals surface area contributed by atoms with Gasteiger partial charge in [0.1, 0.15) is 23.8 Å². The highest BCUT2D eigenvalue weighted by Crippen LogP contribution is 2.34. The van der Waals surface area contributed by atoms with Crippen molar-refractivity contribution in [2.45, 2.75) is 52.5 Å². The van der Waals surface area contributed by atoms with E-state index in [1.807, 2.05) is 25.1 Å². The minimum absolute atomic E-state index is 0.428. The second-order valence-corrected chi connectivity index (χ2v) is 7.11. The highest BCUT2D eigenvalue weighted by atomic mass is 16.5. The van der Waals surface area contributed by atoms with E-state index < -0.39 is 0 Å². The van der Waals surface area contributed by atoms with Crippen molar-refractivity contribution in [3.8, 4) is 17.2 Å². The number of hydrogen-bond donors (Lipinski definition) is 2. The van der Waals surface area contributed by atoms with Gasteiger partial charge in [-0.25, -0.2) is 4.99 Å². The maximum Gasteiger partial charge on any atom is 0.191 e. The Labute approximate surface area is 185 Å². The number of aromatic nitrogens is 1. The molecule has 8 heteroatoms. The molecule has 0 aliphatic heterocycles. The minimum Gasteiger partial charge on any atom is -0.496 e. The summed E-state index contributed by atoms with van der Waals surface area (Å²) in [4.78, 5) is 4.63. The van der Waals surface area contributed by atoms with Crippen LogP contribution in [0.2, 0.25) is 0 Å². The van der Waals surface area contributed by atoms with Gasteiger partial charge < -0.3 is 29.4 Å². The van der Waals surface area contributed by atoms with Crippen LogP contribution >= 0.6 is 0 Å². The Hall–Kier alpha value is -2.90. The Morgan fingerprint density at radius 1 is 1.00 bits per heavy atom. The topological polar surface area (TPSA) is 90.1 Å². The molecule has 2 rings (SSSR count).